The average molecular weight is 125 g/mol. The minimum absolute atomic E-state index is 0.103. The molecule has 0 fully saturated rings. The second kappa shape index (κ2) is 2.09. The van der Waals surface area contributed by atoms with Crippen LogP contribution in [0.5, 0.6) is 0 Å². The summed E-state index contributed by atoms with van der Waals surface area (Å²) in [5.41, 5.74) is 0.764. The number of hydrogen-bond donors (Lipinski definition) is 2. The molecule has 49 valence electrons. The van der Waals surface area contributed by atoms with Gasteiger partial charge in [0, 0.05) is 5.57 Å². The first-order valence-electron chi connectivity index (χ1n) is 2.75. The highest BCUT2D eigenvalue weighted by atomic mass is 16.3. The van der Waals surface area contributed by atoms with Crippen LogP contribution in [0.2, 0.25) is 0 Å². The fraction of sp³-hybridized carbons (Fsp3) is 0.333. The third-order valence-corrected chi connectivity index (χ3v) is 1.12. The lowest BCUT2D eigenvalue weighted by atomic mass is 10.3. The first kappa shape index (κ1) is 6.13. The first-order chi connectivity index (χ1) is 4.20. The molecule has 2 N–H and O–H groups in total. The predicted molar refractivity (Wildman–Crippen MR) is 35.9 cm³/mol. The van der Waals surface area contributed by atoms with Gasteiger partial charge in [-0.15, -0.1) is 0 Å². The lowest BCUT2D eigenvalue weighted by Gasteiger charge is -2.10. The van der Waals surface area contributed by atoms with Crippen LogP contribution in [0, 0.1) is 6.54 Å². The van der Waals surface area contributed by atoms with Gasteiger partial charge >= 0.3 is 0 Å². The molecule has 1 aliphatic heterocycles. The summed E-state index contributed by atoms with van der Waals surface area (Å²) in [4.78, 5) is 3.77. The summed E-state index contributed by atoms with van der Waals surface area (Å²) in [6.07, 6.45) is 0. The van der Waals surface area contributed by atoms with Crippen molar-refractivity contribution >= 4 is 5.84 Å². The molecule has 0 aromatic rings. The first-order valence-corrected chi connectivity index (χ1v) is 2.75. The number of nitrogens with zero attached hydrogens (tertiary/aromatic N) is 1. The minimum atomic E-state index is 0.103. The average Bonchev–Trinajstić information content (AvgIpc) is 1.80. The number of aliphatic imine (C=N–C) groups is 1. The molecule has 0 aromatic carbocycles. The van der Waals surface area contributed by atoms with Crippen LogP contribution in [-0.2, 0) is 0 Å². The van der Waals surface area contributed by atoms with Gasteiger partial charge < -0.3 is 10.4 Å². The van der Waals surface area contributed by atoms with Crippen molar-refractivity contribution in [2.45, 2.75) is 13.8 Å². The third-order valence-electron chi connectivity index (χ3n) is 1.12. The number of amidine groups is 1. The van der Waals surface area contributed by atoms with Gasteiger partial charge in [0.05, 0.1) is 6.54 Å². The van der Waals surface area contributed by atoms with E-state index >= 15 is 0 Å². The fourth-order valence-corrected chi connectivity index (χ4v) is 0.557. The monoisotopic (exact) mass is 125 g/mol. The van der Waals surface area contributed by atoms with Gasteiger partial charge in [0.2, 0.25) is 5.88 Å². The van der Waals surface area contributed by atoms with Crippen LogP contribution in [0.1, 0.15) is 13.8 Å². The van der Waals surface area contributed by atoms with Crippen LogP contribution < -0.4 is 5.32 Å². The van der Waals surface area contributed by atoms with Crippen molar-refractivity contribution in [3.05, 3.63) is 18.0 Å². The van der Waals surface area contributed by atoms with Gasteiger partial charge in [0.1, 0.15) is 5.84 Å². The Kier molecular flexibility index (Phi) is 1.42. The molecular formula is C6H9N2O. The smallest absolute Gasteiger partial charge is 0.213 e. The Labute approximate surface area is 54.1 Å². The van der Waals surface area contributed by atoms with E-state index < -0.39 is 0 Å². The summed E-state index contributed by atoms with van der Waals surface area (Å²) in [7, 11) is 0. The minimum Gasteiger partial charge on any atom is -0.493 e. The molecule has 0 unspecified atom stereocenters. The maximum Gasteiger partial charge on any atom is 0.213 e. The second-order valence-corrected chi connectivity index (χ2v) is 1.99. The summed E-state index contributed by atoms with van der Waals surface area (Å²) in [6.45, 7) is 5.30. The highest BCUT2D eigenvalue weighted by Crippen LogP contribution is 2.07. The molecule has 0 saturated heterocycles. The van der Waals surface area contributed by atoms with Crippen molar-refractivity contribution in [1.82, 2.24) is 5.32 Å². The van der Waals surface area contributed by atoms with Crippen LogP contribution in [0.3, 0.4) is 0 Å². The van der Waals surface area contributed by atoms with Crippen LogP contribution in [0.4, 0.5) is 0 Å². The zero-order valence-electron chi connectivity index (χ0n) is 5.47. The predicted octanol–water partition coefficient (Wildman–Crippen LogP) is 0.959. The maximum absolute atomic E-state index is 8.97. The van der Waals surface area contributed by atoms with Crippen LogP contribution >= 0.6 is 0 Å². The molecule has 0 atom stereocenters. The van der Waals surface area contributed by atoms with Crippen molar-refractivity contribution in [2.24, 2.45) is 4.99 Å². The highest BCUT2D eigenvalue weighted by molar-refractivity contribution is 5.82. The molecule has 0 amide bonds. The Morgan fingerprint density at radius 1 is 1.56 bits per heavy atom. The van der Waals surface area contributed by atoms with Crippen molar-refractivity contribution in [3.63, 3.8) is 0 Å². The Morgan fingerprint density at radius 3 is 2.67 bits per heavy atom. The van der Waals surface area contributed by atoms with Gasteiger partial charge in [-0.1, -0.05) is 0 Å². The Hall–Kier alpha value is -0.990. The fourth-order valence-electron chi connectivity index (χ4n) is 0.557. The topological polar surface area (TPSA) is 44.6 Å². The Bertz CT molecular complexity index is 181. The number of aliphatic hydroxyl groups excluding tert-OH is 1. The molecule has 3 nitrogen and oxygen atoms in total. The van der Waals surface area contributed by atoms with Crippen molar-refractivity contribution < 1.29 is 5.11 Å². The molecule has 0 aromatic heterocycles. The van der Waals surface area contributed by atoms with Crippen molar-refractivity contribution in [3.8, 4) is 0 Å². The van der Waals surface area contributed by atoms with E-state index in [0.717, 1.165) is 11.4 Å². The van der Waals surface area contributed by atoms with E-state index in [9.17, 15) is 0 Å². The maximum atomic E-state index is 8.97. The molecular weight excluding hydrogens is 116 g/mol. The van der Waals surface area contributed by atoms with Gasteiger partial charge in [0.25, 0.3) is 0 Å². The molecule has 1 radical (unpaired) electrons. The van der Waals surface area contributed by atoms with Gasteiger partial charge in [-0.3, -0.25) is 0 Å². The van der Waals surface area contributed by atoms with E-state index in [1.807, 2.05) is 0 Å². The molecule has 0 saturated carbocycles. The third kappa shape index (κ3) is 1.22. The summed E-state index contributed by atoms with van der Waals surface area (Å²) in [5, 5.41) is 11.8. The van der Waals surface area contributed by atoms with E-state index in [0.29, 0.717) is 0 Å². The van der Waals surface area contributed by atoms with Crippen LogP contribution in [-0.4, -0.2) is 10.9 Å². The summed E-state index contributed by atoms with van der Waals surface area (Å²) < 4.78 is 0. The lowest BCUT2D eigenvalue weighted by Crippen LogP contribution is -2.21. The molecule has 1 heterocycles. The van der Waals surface area contributed by atoms with Gasteiger partial charge in [0.15, 0.2) is 0 Å². The summed E-state index contributed by atoms with van der Waals surface area (Å²) >= 11 is 0. The molecule has 9 heavy (non-hydrogen) atoms. The quantitative estimate of drug-likeness (QED) is 0.506. The van der Waals surface area contributed by atoms with Crippen molar-refractivity contribution in [1.29, 1.82) is 0 Å². The van der Waals surface area contributed by atoms with E-state index in [2.05, 4.69) is 10.3 Å². The number of rotatable bonds is 0. The van der Waals surface area contributed by atoms with Crippen LogP contribution in [0.25, 0.3) is 0 Å². The summed E-state index contributed by atoms with van der Waals surface area (Å²) in [5.74, 6) is 0.823. The van der Waals surface area contributed by atoms with Gasteiger partial charge in [-0.2, -0.15) is 0 Å². The molecule has 1 aliphatic rings. The van der Waals surface area contributed by atoms with Crippen molar-refractivity contribution in [2.75, 3.05) is 0 Å². The largest absolute Gasteiger partial charge is 0.493 e. The van der Waals surface area contributed by atoms with E-state index in [1.165, 1.54) is 0 Å². The zero-order valence-corrected chi connectivity index (χ0v) is 5.47. The molecule has 0 bridgehead atoms. The molecule has 0 spiro atoms. The van der Waals surface area contributed by atoms with Gasteiger partial charge in [-0.25, -0.2) is 4.99 Å². The molecule has 3 heteroatoms. The standard InChI is InChI=1S/C6H9N2O/c1-4-3-7-5(2)8-6(4)9/h3,9H,1-2H3,(H,7,8). The highest BCUT2D eigenvalue weighted by Gasteiger charge is 2.05. The molecule has 0 aliphatic carbocycles. The normalized spacial score (nSPS) is 19.1. The van der Waals surface area contributed by atoms with Crippen LogP contribution in [0.15, 0.2) is 16.4 Å². The van der Waals surface area contributed by atoms with E-state index in [4.69, 9.17) is 5.11 Å². The Balaban J connectivity index is 2.83. The van der Waals surface area contributed by atoms with E-state index in [-0.39, 0.29) is 5.88 Å². The number of nitrogens with one attached hydrogen (secondary N) is 1. The lowest BCUT2D eigenvalue weighted by molar-refractivity contribution is 0.397. The van der Waals surface area contributed by atoms with Gasteiger partial charge in [-0.05, 0) is 13.8 Å². The summed E-state index contributed by atoms with van der Waals surface area (Å²) in [6, 6.07) is 0. The number of aliphatic hydroxyl groups is 1. The number of hydrogen-bond acceptors (Lipinski definition) is 3. The van der Waals surface area contributed by atoms with E-state index in [1.54, 1.807) is 20.4 Å². The SMILES string of the molecule is CC1=NC(O)=C(C)[CH]N1. The molecule has 1 rings (SSSR count). The Morgan fingerprint density at radius 2 is 2.22 bits per heavy atom. The zero-order chi connectivity index (χ0) is 6.85. The second-order valence-electron chi connectivity index (χ2n) is 1.99.